The summed E-state index contributed by atoms with van der Waals surface area (Å²) in [6.07, 6.45) is 6.22. The number of aromatic nitrogens is 4. The Morgan fingerprint density at radius 3 is 2.68 bits per heavy atom. The van der Waals surface area contributed by atoms with E-state index in [0.29, 0.717) is 30.1 Å². The smallest absolute Gasteiger partial charge is 0.166 e. The number of pyridine rings is 1. The lowest BCUT2D eigenvalue weighted by Gasteiger charge is -2.36. The van der Waals surface area contributed by atoms with Crippen LogP contribution in [-0.4, -0.2) is 45.4 Å². The highest BCUT2D eigenvalue weighted by Gasteiger charge is 2.64. The lowest BCUT2D eigenvalue weighted by molar-refractivity contribution is 0.275. The van der Waals surface area contributed by atoms with Crippen LogP contribution < -0.4 is 9.80 Å². The molecule has 3 fully saturated rings. The Bertz CT molecular complexity index is 1410. The molecule has 2 aliphatic heterocycles. The van der Waals surface area contributed by atoms with Gasteiger partial charge >= 0.3 is 0 Å². The lowest BCUT2D eigenvalue weighted by Crippen LogP contribution is -2.48. The standard InChI is InChI=1S/C25H21F3N6/c26-16-1-3-21(28)20(9-16)25-10-15(25)5-7-33(25)23-6-8-34-24(31-23)19(12-30-34)22-4-2-18(11-29-22)32-13-17(27)14-32/h1-4,6,8-9,11-12,15,17H,5,7,10,13-14H2/t15-,25+/m0/s1. The average Bonchev–Trinajstić information content (AvgIpc) is 3.20. The second-order valence-corrected chi connectivity index (χ2v) is 9.41. The van der Waals surface area contributed by atoms with E-state index in [1.165, 1.54) is 12.1 Å². The fourth-order valence-corrected chi connectivity index (χ4v) is 5.65. The van der Waals surface area contributed by atoms with Gasteiger partial charge in [-0.2, -0.15) is 5.10 Å². The first-order valence-corrected chi connectivity index (χ1v) is 11.5. The van der Waals surface area contributed by atoms with Crippen LogP contribution in [0.3, 0.4) is 0 Å². The molecule has 0 amide bonds. The van der Waals surface area contributed by atoms with Crippen LogP contribution in [0.15, 0.2) is 55.0 Å². The van der Waals surface area contributed by atoms with E-state index < -0.39 is 17.5 Å². The molecule has 3 aromatic heterocycles. The van der Waals surface area contributed by atoms with Crippen LogP contribution in [0.4, 0.5) is 24.7 Å². The third-order valence-electron chi connectivity index (χ3n) is 7.51. The molecule has 1 aliphatic carbocycles. The molecule has 172 valence electrons. The van der Waals surface area contributed by atoms with Gasteiger partial charge in [-0.05, 0) is 55.2 Å². The van der Waals surface area contributed by atoms with Crippen LogP contribution >= 0.6 is 0 Å². The largest absolute Gasteiger partial charge is 0.364 e. The van der Waals surface area contributed by atoms with Gasteiger partial charge in [-0.15, -0.1) is 0 Å². The molecule has 0 bridgehead atoms. The highest BCUT2D eigenvalue weighted by atomic mass is 19.1. The van der Waals surface area contributed by atoms with Crippen molar-refractivity contribution in [2.45, 2.75) is 24.6 Å². The summed E-state index contributed by atoms with van der Waals surface area (Å²) < 4.78 is 43.6. The summed E-state index contributed by atoms with van der Waals surface area (Å²) in [6.45, 7) is 1.52. The Hall–Kier alpha value is -3.62. The minimum Gasteiger partial charge on any atom is -0.364 e. The number of fused-ring (bicyclic) bond motifs is 2. The van der Waals surface area contributed by atoms with Crippen molar-refractivity contribution >= 4 is 17.2 Å². The number of nitrogens with zero attached hydrogens (tertiary/aromatic N) is 6. The van der Waals surface area contributed by atoms with E-state index >= 15 is 0 Å². The minimum absolute atomic E-state index is 0.283. The Morgan fingerprint density at radius 1 is 1.03 bits per heavy atom. The minimum atomic E-state index is -0.775. The molecule has 2 atom stereocenters. The van der Waals surface area contributed by atoms with Gasteiger partial charge in [-0.25, -0.2) is 22.7 Å². The molecule has 4 aromatic rings. The van der Waals surface area contributed by atoms with Crippen LogP contribution in [0.25, 0.3) is 16.9 Å². The number of benzene rings is 1. The second kappa shape index (κ2) is 6.94. The Kier molecular flexibility index (Phi) is 4.05. The van der Waals surface area contributed by atoms with Gasteiger partial charge in [0.1, 0.15) is 23.6 Å². The normalized spacial score (nSPS) is 23.9. The predicted molar refractivity (Wildman–Crippen MR) is 121 cm³/mol. The van der Waals surface area contributed by atoms with E-state index in [4.69, 9.17) is 4.98 Å². The molecule has 9 heteroatoms. The highest BCUT2D eigenvalue weighted by molar-refractivity contribution is 5.76. The molecular weight excluding hydrogens is 441 g/mol. The molecule has 7 rings (SSSR count). The van der Waals surface area contributed by atoms with Crippen LogP contribution in [0.5, 0.6) is 0 Å². The quantitative estimate of drug-likeness (QED) is 0.451. The van der Waals surface area contributed by atoms with Crippen molar-refractivity contribution in [1.82, 2.24) is 19.6 Å². The Labute approximate surface area is 193 Å². The molecular formula is C25H21F3N6. The van der Waals surface area contributed by atoms with E-state index in [1.807, 2.05) is 29.3 Å². The van der Waals surface area contributed by atoms with Crippen molar-refractivity contribution in [2.75, 3.05) is 29.4 Å². The van der Waals surface area contributed by atoms with Crippen molar-refractivity contribution in [2.24, 2.45) is 5.92 Å². The maximum Gasteiger partial charge on any atom is 0.166 e. The molecule has 0 N–H and O–H groups in total. The average molecular weight is 462 g/mol. The van der Waals surface area contributed by atoms with Gasteiger partial charge in [0.15, 0.2) is 5.65 Å². The summed E-state index contributed by atoms with van der Waals surface area (Å²) >= 11 is 0. The molecule has 34 heavy (non-hydrogen) atoms. The molecule has 1 aromatic carbocycles. The zero-order valence-electron chi connectivity index (χ0n) is 18.2. The van der Waals surface area contributed by atoms with E-state index in [2.05, 4.69) is 15.0 Å². The van der Waals surface area contributed by atoms with Gasteiger partial charge in [0.2, 0.25) is 0 Å². The van der Waals surface area contributed by atoms with Gasteiger partial charge < -0.3 is 9.80 Å². The van der Waals surface area contributed by atoms with Crippen LogP contribution in [0.2, 0.25) is 0 Å². The summed E-state index contributed by atoms with van der Waals surface area (Å²) in [7, 11) is 0. The second-order valence-electron chi connectivity index (χ2n) is 9.41. The van der Waals surface area contributed by atoms with E-state index in [-0.39, 0.29) is 11.7 Å². The van der Waals surface area contributed by atoms with E-state index in [9.17, 15) is 13.2 Å². The predicted octanol–water partition coefficient (Wildman–Crippen LogP) is 4.35. The molecule has 3 aliphatic rings. The summed E-state index contributed by atoms with van der Waals surface area (Å²) in [4.78, 5) is 13.5. The first-order chi connectivity index (χ1) is 16.5. The molecule has 1 saturated carbocycles. The van der Waals surface area contributed by atoms with E-state index in [0.717, 1.165) is 42.4 Å². The summed E-state index contributed by atoms with van der Waals surface area (Å²) in [5.74, 6) is 0.182. The number of rotatable bonds is 4. The zero-order chi connectivity index (χ0) is 23.0. The first kappa shape index (κ1) is 19.8. The summed E-state index contributed by atoms with van der Waals surface area (Å²) in [5, 5.41) is 4.41. The Balaban J connectivity index is 1.25. The van der Waals surface area contributed by atoms with Crippen LogP contribution in [0.1, 0.15) is 18.4 Å². The third-order valence-corrected chi connectivity index (χ3v) is 7.51. The van der Waals surface area contributed by atoms with Crippen LogP contribution in [-0.2, 0) is 5.54 Å². The van der Waals surface area contributed by atoms with Gasteiger partial charge in [0.05, 0.1) is 48.0 Å². The van der Waals surface area contributed by atoms with Gasteiger partial charge in [0, 0.05) is 18.3 Å². The van der Waals surface area contributed by atoms with Gasteiger partial charge in [0.25, 0.3) is 0 Å². The van der Waals surface area contributed by atoms with E-state index in [1.54, 1.807) is 16.9 Å². The maximum absolute atomic E-state index is 14.8. The number of anilines is 2. The van der Waals surface area contributed by atoms with Crippen molar-refractivity contribution in [3.8, 4) is 11.3 Å². The van der Waals surface area contributed by atoms with Crippen molar-refractivity contribution in [3.05, 3.63) is 72.2 Å². The number of hydrogen-bond acceptors (Lipinski definition) is 5. The molecule has 0 spiro atoms. The third kappa shape index (κ3) is 2.79. The first-order valence-electron chi connectivity index (χ1n) is 11.5. The van der Waals surface area contributed by atoms with Crippen molar-refractivity contribution in [3.63, 3.8) is 0 Å². The SMILES string of the molecule is Fc1ccc(F)c([C@@]23C[C@@H]2CCN3c2ccn3ncc(-c4ccc(N5CC(F)C5)cn4)c3n2)c1. The maximum atomic E-state index is 14.8. The number of piperidine rings is 1. The fraction of sp³-hybridized carbons (Fsp3) is 0.320. The summed E-state index contributed by atoms with van der Waals surface area (Å²) in [6, 6.07) is 9.38. The van der Waals surface area contributed by atoms with Gasteiger partial charge in [-0.1, -0.05) is 0 Å². The lowest BCUT2D eigenvalue weighted by atomic mass is 10.0. The Morgan fingerprint density at radius 2 is 1.91 bits per heavy atom. The highest BCUT2D eigenvalue weighted by Crippen LogP contribution is 2.63. The monoisotopic (exact) mass is 462 g/mol. The molecule has 2 saturated heterocycles. The topological polar surface area (TPSA) is 49.6 Å². The molecule has 5 heterocycles. The number of hydrogen-bond donors (Lipinski definition) is 0. The molecule has 0 unspecified atom stereocenters. The molecule has 6 nitrogen and oxygen atoms in total. The molecule has 0 radical (unpaired) electrons. The van der Waals surface area contributed by atoms with Crippen molar-refractivity contribution < 1.29 is 13.2 Å². The fourth-order valence-electron chi connectivity index (χ4n) is 5.65. The number of halogens is 3. The van der Waals surface area contributed by atoms with Gasteiger partial charge in [-0.3, -0.25) is 4.98 Å². The van der Waals surface area contributed by atoms with Crippen molar-refractivity contribution in [1.29, 1.82) is 0 Å². The zero-order valence-corrected chi connectivity index (χ0v) is 18.2. The summed E-state index contributed by atoms with van der Waals surface area (Å²) in [5.41, 5.74) is 2.88. The van der Waals surface area contributed by atoms with Crippen LogP contribution in [0, 0.1) is 17.6 Å². The number of alkyl halides is 1.